The Bertz CT molecular complexity index is 953. The van der Waals surface area contributed by atoms with Crippen molar-refractivity contribution in [3.05, 3.63) is 24.0 Å². The van der Waals surface area contributed by atoms with Gasteiger partial charge in [0.2, 0.25) is 5.91 Å². The van der Waals surface area contributed by atoms with E-state index in [4.69, 9.17) is 9.72 Å². The summed E-state index contributed by atoms with van der Waals surface area (Å²) >= 11 is 0. The van der Waals surface area contributed by atoms with Crippen LogP contribution in [0.2, 0.25) is 0 Å². The molecule has 3 fully saturated rings. The highest BCUT2D eigenvalue weighted by atomic mass is 16.5. The molecule has 0 aromatic carbocycles. The van der Waals surface area contributed by atoms with Crippen LogP contribution in [-0.2, 0) is 9.53 Å². The Balaban J connectivity index is 1.39. The molecule has 2 aromatic heterocycles. The van der Waals surface area contributed by atoms with Gasteiger partial charge in [0, 0.05) is 24.5 Å². The lowest BCUT2D eigenvalue weighted by Crippen LogP contribution is -2.49. The minimum Gasteiger partial charge on any atom is -0.373 e. The summed E-state index contributed by atoms with van der Waals surface area (Å²) in [7, 11) is 0. The number of amides is 3. The van der Waals surface area contributed by atoms with E-state index in [1.54, 1.807) is 11.1 Å². The summed E-state index contributed by atoms with van der Waals surface area (Å²) in [5, 5.41) is 6.82. The van der Waals surface area contributed by atoms with E-state index in [1.807, 2.05) is 6.07 Å². The standard InChI is InChI=1S/C21H27N5O3/c1-14-12-26(15-2-4-21(29-13-15)5-7-22-8-6-21)19-17(14)10-16(11-23-19)25-9-3-18(27)24-20(25)28/h10-12,15,22H,2-9,13H2,1H3,(H,24,27,28)/t15-/m1/s1. The Kier molecular flexibility index (Phi) is 4.55. The maximum absolute atomic E-state index is 12.2. The monoisotopic (exact) mass is 397 g/mol. The molecule has 3 saturated heterocycles. The predicted octanol–water partition coefficient (Wildman–Crippen LogP) is 2.26. The van der Waals surface area contributed by atoms with Gasteiger partial charge in [-0.3, -0.25) is 15.0 Å². The highest BCUT2D eigenvalue weighted by Gasteiger charge is 2.38. The molecule has 5 heterocycles. The van der Waals surface area contributed by atoms with Crippen molar-refractivity contribution < 1.29 is 14.3 Å². The smallest absolute Gasteiger partial charge is 0.328 e. The van der Waals surface area contributed by atoms with E-state index in [9.17, 15) is 9.59 Å². The summed E-state index contributed by atoms with van der Waals surface area (Å²) in [6.07, 6.45) is 8.53. The minimum absolute atomic E-state index is 0.0550. The number of aryl methyl sites for hydroxylation is 1. The van der Waals surface area contributed by atoms with Crippen molar-refractivity contribution in [2.75, 3.05) is 31.1 Å². The third-order valence-corrected chi connectivity index (χ3v) is 6.64. The average molecular weight is 397 g/mol. The normalized spacial score (nSPS) is 24.9. The molecule has 154 valence electrons. The highest BCUT2D eigenvalue weighted by molar-refractivity contribution is 6.06. The molecule has 0 saturated carbocycles. The summed E-state index contributed by atoms with van der Waals surface area (Å²) in [6.45, 7) is 5.24. The number of piperidine rings is 1. The Morgan fingerprint density at radius 3 is 2.79 bits per heavy atom. The molecule has 0 bridgehead atoms. The van der Waals surface area contributed by atoms with Crippen LogP contribution in [0.4, 0.5) is 10.5 Å². The zero-order valence-electron chi connectivity index (χ0n) is 16.7. The van der Waals surface area contributed by atoms with Gasteiger partial charge in [-0.15, -0.1) is 0 Å². The Morgan fingerprint density at radius 2 is 2.07 bits per heavy atom. The Morgan fingerprint density at radius 1 is 1.24 bits per heavy atom. The third-order valence-electron chi connectivity index (χ3n) is 6.64. The number of hydrogen-bond acceptors (Lipinski definition) is 5. The molecule has 0 radical (unpaired) electrons. The van der Waals surface area contributed by atoms with Gasteiger partial charge < -0.3 is 14.6 Å². The highest BCUT2D eigenvalue weighted by Crippen LogP contribution is 2.38. The van der Waals surface area contributed by atoms with Crippen LogP contribution in [-0.4, -0.2) is 53.3 Å². The number of aromatic nitrogens is 2. The number of anilines is 1. The van der Waals surface area contributed by atoms with E-state index in [0.29, 0.717) is 19.6 Å². The molecule has 0 aliphatic carbocycles. The molecule has 1 atom stereocenters. The summed E-state index contributed by atoms with van der Waals surface area (Å²) in [4.78, 5) is 29.9. The average Bonchev–Trinajstić information content (AvgIpc) is 3.05. The molecule has 2 N–H and O–H groups in total. The zero-order valence-corrected chi connectivity index (χ0v) is 16.7. The molecule has 8 heteroatoms. The second kappa shape index (κ2) is 7.11. The molecular weight excluding hydrogens is 370 g/mol. The molecule has 8 nitrogen and oxygen atoms in total. The second-order valence-electron chi connectivity index (χ2n) is 8.48. The Hall–Kier alpha value is -2.45. The molecule has 29 heavy (non-hydrogen) atoms. The van der Waals surface area contributed by atoms with Gasteiger partial charge in [-0.05, 0) is 57.3 Å². The van der Waals surface area contributed by atoms with Crippen LogP contribution in [0.15, 0.2) is 18.5 Å². The fourth-order valence-electron chi connectivity index (χ4n) is 4.87. The van der Waals surface area contributed by atoms with Gasteiger partial charge in [-0.2, -0.15) is 0 Å². The van der Waals surface area contributed by atoms with Crippen molar-refractivity contribution >= 4 is 28.7 Å². The fraction of sp³-hybridized carbons (Fsp3) is 0.571. The lowest BCUT2D eigenvalue weighted by Gasteiger charge is -2.43. The number of rotatable bonds is 2. The molecule has 2 aromatic rings. The van der Waals surface area contributed by atoms with Gasteiger partial charge in [0.05, 0.1) is 30.1 Å². The van der Waals surface area contributed by atoms with E-state index in [-0.39, 0.29) is 23.6 Å². The number of fused-ring (bicyclic) bond motifs is 1. The van der Waals surface area contributed by atoms with Crippen LogP contribution in [0.1, 0.15) is 43.7 Å². The topological polar surface area (TPSA) is 88.5 Å². The number of nitrogens with zero attached hydrogens (tertiary/aromatic N) is 3. The molecule has 3 aliphatic rings. The van der Waals surface area contributed by atoms with Gasteiger partial charge in [0.25, 0.3) is 0 Å². The molecule has 1 spiro atoms. The largest absolute Gasteiger partial charge is 0.373 e. The molecule has 3 amide bonds. The maximum atomic E-state index is 12.2. The SMILES string of the molecule is Cc1cn([C@@H]2CCC3(CCNCC3)OC2)c2ncc(N3CCC(=O)NC3=O)cc12. The van der Waals surface area contributed by atoms with Crippen LogP contribution in [0.3, 0.4) is 0 Å². The van der Waals surface area contributed by atoms with Gasteiger partial charge in [-0.25, -0.2) is 9.78 Å². The first-order chi connectivity index (χ1) is 14.0. The lowest BCUT2D eigenvalue weighted by molar-refractivity contribution is -0.120. The first-order valence-electron chi connectivity index (χ1n) is 10.5. The first kappa shape index (κ1) is 18.6. The van der Waals surface area contributed by atoms with Crippen molar-refractivity contribution in [3.8, 4) is 0 Å². The van der Waals surface area contributed by atoms with Crippen molar-refractivity contribution in [2.24, 2.45) is 0 Å². The molecule has 5 rings (SSSR count). The van der Waals surface area contributed by atoms with Crippen LogP contribution in [0.5, 0.6) is 0 Å². The lowest BCUT2D eigenvalue weighted by atomic mass is 9.84. The number of imide groups is 1. The van der Waals surface area contributed by atoms with E-state index < -0.39 is 0 Å². The van der Waals surface area contributed by atoms with E-state index in [2.05, 4.69) is 28.3 Å². The van der Waals surface area contributed by atoms with Crippen LogP contribution >= 0.6 is 0 Å². The number of pyridine rings is 1. The van der Waals surface area contributed by atoms with Crippen LogP contribution in [0.25, 0.3) is 11.0 Å². The summed E-state index contributed by atoms with van der Waals surface area (Å²) in [5.41, 5.74) is 2.83. The number of carbonyl (C=O) groups is 2. The van der Waals surface area contributed by atoms with Gasteiger partial charge >= 0.3 is 6.03 Å². The van der Waals surface area contributed by atoms with E-state index in [1.165, 1.54) is 0 Å². The van der Waals surface area contributed by atoms with Crippen LogP contribution in [0, 0.1) is 6.92 Å². The quantitative estimate of drug-likeness (QED) is 0.812. The summed E-state index contributed by atoms with van der Waals surface area (Å²) < 4.78 is 8.63. The third kappa shape index (κ3) is 3.30. The van der Waals surface area contributed by atoms with Gasteiger partial charge in [0.15, 0.2) is 0 Å². The second-order valence-corrected chi connectivity index (χ2v) is 8.48. The van der Waals surface area contributed by atoms with Crippen molar-refractivity contribution in [3.63, 3.8) is 0 Å². The number of nitrogens with one attached hydrogen (secondary N) is 2. The van der Waals surface area contributed by atoms with E-state index in [0.717, 1.165) is 61.1 Å². The number of hydrogen-bond donors (Lipinski definition) is 2. The van der Waals surface area contributed by atoms with Gasteiger partial charge in [0.1, 0.15) is 5.65 Å². The Labute approximate surface area is 169 Å². The molecule has 0 unspecified atom stereocenters. The fourth-order valence-corrected chi connectivity index (χ4v) is 4.87. The first-order valence-corrected chi connectivity index (χ1v) is 10.5. The molecular formula is C21H27N5O3. The minimum atomic E-state index is -0.382. The zero-order chi connectivity index (χ0) is 20.0. The maximum Gasteiger partial charge on any atom is 0.328 e. The van der Waals surface area contributed by atoms with Crippen molar-refractivity contribution in [1.29, 1.82) is 0 Å². The van der Waals surface area contributed by atoms with E-state index >= 15 is 0 Å². The van der Waals surface area contributed by atoms with Gasteiger partial charge in [-0.1, -0.05) is 0 Å². The molecule has 3 aliphatic heterocycles. The van der Waals surface area contributed by atoms with Crippen molar-refractivity contribution in [1.82, 2.24) is 20.2 Å². The van der Waals surface area contributed by atoms with Crippen LogP contribution < -0.4 is 15.5 Å². The summed E-state index contributed by atoms with van der Waals surface area (Å²) in [6, 6.07) is 1.90. The summed E-state index contributed by atoms with van der Waals surface area (Å²) in [5.74, 6) is -0.230. The van der Waals surface area contributed by atoms with Crippen molar-refractivity contribution in [2.45, 2.75) is 50.7 Å². The predicted molar refractivity (Wildman–Crippen MR) is 109 cm³/mol. The number of ether oxygens (including phenoxy) is 1. The number of urea groups is 1. The number of carbonyl (C=O) groups excluding carboxylic acids is 2.